The number of benzene rings is 1. The molecule has 1 amide bonds. The maximum Gasteiger partial charge on any atom is 0.407 e. The van der Waals surface area contributed by atoms with Gasteiger partial charge in [0.05, 0.1) is 0 Å². The Kier molecular flexibility index (Phi) is 5.76. The van der Waals surface area contributed by atoms with Crippen LogP contribution in [0.25, 0.3) is 0 Å². The number of carbonyl (C=O) groups excluding carboxylic acids is 1. The molecule has 0 aliphatic heterocycles. The van der Waals surface area contributed by atoms with Gasteiger partial charge in [0.25, 0.3) is 0 Å². The summed E-state index contributed by atoms with van der Waals surface area (Å²) in [6, 6.07) is -0.285. The average Bonchev–Trinajstić information content (AvgIpc) is 2.38. The molecule has 0 spiro atoms. The normalized spacial score (nSPS) is 12.9. The fourth-order valence-electron chi connectivity index (χ4n) is 1.65. The lowest BCUT2D eigenvalue weighted by molar-refractivity contribution is 0.0524. The molecule has 0 radical (unpaired) electrons. The Balaban J connectivity index is 2.63. The first-order valence-corrected chi connectivity index (χ1v) is 6.55. The standard InChI is InChI=1S/C14H18F4N2O2/c1-14(2,3)22-13(21)20-6-8(19)4-7-5-9(15)11(17)12(18)10(7)16/h5,8H,4,6,19H2,1-3H3,(H,20,21). The summed E-state index contributed by atoms with van der Waals surface area (Å²) in [5.74, 6) is -6.75. The number of amides is 1. The van der Waals surface area contributed by atoms with Crippen molar-refractivity contribution in [2.45, 2.75) is 38.8 Å². The average molecular weight is 322 g/mol. The molecule has 8 heteroatoms. The van der Waals surface area contributed by atoms with E-state index in [2.05, 4.69) is 5.32 Å². The van der Waals surface area contributed by atoms with Gasteiger partial charge >= 0.3 is 6.09 Å². The maximum absolute atomic E-state index is 13.5. The number of rotatable bonds is 4. The Morgan fingerprint density at radius 2 is 1.82 bits per heavy atom. The van der Waals surface area contributed by atoms with Crippen molar-refractivity contribution in [1.82, 2.24) is 5.32 Å². The molecule has 0 bridgehead atoms. The molecule has 0 heterocycles. The second-order valence-corrected chi connectivity index (χ2v) is 5.81. The summed E-state index contributed by atoms with van der Waals surface area (Å²) in [6.07, 6.45) is -1.00. The van der Waals surface area contributed by atoms with Crippen molar-refractivity contribution >= 4 is 6.09 Å². The minimum Gasteiger partial charge on any atom is -0.444 e. The molecule has 3 N–H and O–H groups in total. The van der Waals surface area contributed by atoms with Crippen molar-refractivity contribution in [3.05, 3.63) is 34.9 Å². The van der Waals surface area contributed by atoms with Gasteiger partial charge < -0.3 is 15.8 Å². The highest BCUT2D eigenvalue weighted by atomic mass is 19.2. The zero-order chi connectivity index (χ0) is 17.1. The number of halogens is 4. The molecule has 1 rings (SSSR count). The second-order valence-electron chi connectivity index (χ2n) is 5.81. The minimum atomic E-state index is -1.89. The summed E-state index contributed by atoms with van der Waals surface area (Å²) in [6.45, 7) is 4.92. The van der Waals surface area contributed by atoms with E-state index in [0.717, 1.165) is 0 Å². The molecule has 0 saturated heterocycles. The van der Waals surface area contributed by atoms with Crippen LogP contribution >= 0.6 is 0 Å². The highest BCUT2D eigenvalue weighted by Gasteiger charge is 2.21. The van der Waals surface area contributed by atoms with E-state index in [0.29, 0.717) is 6.07 Å². The van der Waals surface area contributed by atoms with E-state index in [4.69, 9.17) is 10.5 Å². The number of nitrogens with one attached hydrogen (secondary N) is 1. The summed E-state index contributed by atoms with van der Waals surface area (Å²) in [7, 11) is 0. The molecule has 0 saturated carbocycles. The molecule has 0 aromatic heterocycles. The lowest BCUT2D eigenvalue weighted by Gasteiger charge is -2.21. The van der Waals surface area contributed by atoms with Crippen molar-refractivity contribution in [3.63, 3.8) is 0 Å². The number of nitrogens with two attached hydrogens (primary N) is 1. The van der Waals surface area contributed by atoms with Crippen LogP contribution in [0.15, 0.2) is 6.07 Å². The van der Waals surface area contributed by atoms with E-state index >= 15 is 0 Å². The van der Waals surface area contributed by atoms with Gasteiger partial charge in [0, 0.05) is 12.6 Å². The third-order valence-corrected chi connectivity index (χ3v) is 2.57. The van der Waals surface area contributed by atoms with Crippen LogP contribution in [0.2, 0.25) is 0 Å². The van der Waals surface area contributed by atoms with Gasteiger partial charge in [-0.25, -0.2) is 22.4 Å². The van der Waals surface area contributed by atoms with Crippen molar-refractivity contribution in [1.29, 1.82) is 0 Å². The highest BCUT2D eigenvalue weighted by molar-refractivity contribution is 5.67. The van der Waals surface area contributed by atoms with Crippen molar-refractivity contribution in [2.75, 3.05) is 6.54 Å². The minimum absolute atomic E-state index is 0.102. The first kappa shape index (κ1) is 18.2. The third kappa shape index (κ3) is 5.18. The van der Waals surface area contributed by atoms with E-state index in [1.165, 1.54) is 0 Å². The van der Waals surface area contributed by atoms with Gasteiger partial charge in [-0.1, -0.05) is 0 Å². The molecule has 1 unspecified atom stereocenters. The van der Waals surface area contributed by atoms with Gasteiger partial charge in [-0.15, -0.1) is 0 Å². The van der Waals surface area contributed by atoms with Crippen LogP contribution in [0.1, 0.15) is 26.3 Å². The van der Waals surface area contributed by atoms with Crippen molar-refractivity contribution in [2.24, 2.45) is 5.73 Å². The Labute approximate surface area is 125 Å². The van der Waals surface area contributed by atoms with Crippen LogP contribution in [-0.4, -0.2) is 24.3 Å². The third-order valence-electron chi connectivity index (χ3n) is 2.57. The van der Waals surface area contributed by atoms with Crippen LogP contribution in [-0.2, 0) is 11.2 Å². The smallest absolute Gasteiger partial charge is 0.407 e. The largest absolute Gasteiger partial charge is 0.444 e. The van der Waals surface area contributed by atoms with Crippen LogP contribution in [0.5, 0.6) is 0 Å². The molecule has 1 aromatic carbocycles. The fraction of sp³-hybridized carbons (Fsp3) is 0.500. The highest BCUT2D eigenvalue weighted by Crippen LogP contribution is 2.19. The van der Waals surface area contributed by atoms with Gasteiger partial charge in [-0.05, 0) is 38.8 Å². The fourth-order valence-corrected chi connectivity index (χ4v) is 1.65. The Morgan fingerprint density at radius 1 is 1.23 bits per heavy atom. The number of carbonyl (C=O) groups is 1. The lowest BCUT2D eigenvalue weighted by atomic mass is 10.1. The molecule has 22 heavy (non-hydrogen) atoms. The molecule has 1 aromatic rings. The van der Waals surface area contributed by atoms with E-state index < -0.39 is 46.6 Å². The molecule has 0 fully saturated rings. The molecule has 1 atom stereocenters. The zero-order valence-corrected chi connectivity index (χ0v) is 12.5. The number of ether oxygens (including phenoxy) is 1. The summed E-state index contributed by atoms with van der Waals surface area (Å²) < 4.78 is 57.4. The monoisotopic (exact) mass is 322 g/mol. The van der Waals surface area contributed by atoms with E-state index in [-0.39, 0.29) is 13.0 Å². The maximum atomic E-state index is 13.5. The quantitative estimate of drug-likeness (QED) is 0.509. The van der Waals surface area contributed by atoms with Gasteiger partial charge in [0.1, 0.15) is 5.60 Å². The SMILES string of the molecule is CC(C)(C)OC(=O)NCC(N)Cc1cc(F)c(F)c(F)c1F. The summed E-state index contributed by atoms with van der Waals surface area (Å²) in [5, 5.41) is 2.35. The van der Waals surface area contributed by atoms with Crippen LogP contribution < -0.4 is 11.1 Å². The molecule has 4 nitrogen and oxygen atoms in total. The Bertz CT molecular complexity index is 559. The van der Waals surface area contributed by atoms with Gasteiger partial charge in [-0.2, -0.15) is 0 Å². The Morgan fingerprint density at radius 3 is 2.36 bits per heavy atom. The first-order valence-electron chi connectivity index (χ1n) is 6.55. The van der Waals surface area contributed by atoms with Crippen LogP contribution in [0, 0.1) is 23.3 Å². The number of hydrogen-bond donors (Lipinski definition) is 2. The van der Waals surface area contributed by atoms with Crippen molar-refractivity contribution in [3.8, 4) is 0 Å². The topological polar surface area (TPSA) is 64.3 Å². The van der Waals surface area contributed by atoms with Crippen LogP contribution in [0.3, 0.4) is 0 Å². The number of alkyl carbamates (subject to hydrolysis) is 1. The predicted octanol–water partition coefficient (Wildman–Crippen LogP) is 2.64. The van der Waals surface area contributed by atoms with Crippen molar-refractivity contribution < 1.29 is 27.1 Å². The lowest BCUT2D eigenvalue weighted by Crippen LogP contribution is -2.41. The van der Waals surface area contributed by atoms with Gasteiger partial charge in [0.15, 0.2) is 23.3 Å². The van der Waals surface area contributed by atoms with E-state index in [9.17, 15) is 22.4 Å². The predicted molar refractivity (Wildman–Crippen MR) is 72.2 cm³/mol. The van der Waals surface area contributed by atoms with E-state index in [1.54, 1.807) is 20.8 Å². The van der Waals surface area contributed by atoms with Gasteiger partial charge in [0.2, 0.25) is 0 Å². The summed E-state index contributed by atoms with van der Waals surface area (Å²) in [4.78, 5) is 11.4. The summed E-state index contributed by atoms with van der Waals surface area (Å²) in [5.41, 5.74) is 4.55. The Hall–Kier alpha value is -1.83. The van der Waals surface area contributed by atoms with E-state index in [1.807, 2.05) is 0 Å². The van der Waals surface area contributed by atoms with Crippen LogP contribution in [0.4, 0.5) is 22.4 Å². The molecular formula is C14H18F4N2O2. The molecule has 124 valence electrons. The number of hydrogen-bond acceptors (Lipinski definition) is 3. The first-order chi connectivity index (χ1) is 10.0. The second kappa shape index (κ2) is 6.95. The molecule has 0 aliphatic carbocycles. The summed E-state index contributed by atoms with van der Waals surface area (Å²) >= 11 is 0. The zero-order valence-electron chi connectivity index (χ0n) is 12.5. The molecular weight excluding hydrogens is 304 g/mol. The molecule has 0 aliphatic rings. The van der Waals surface area contributed by atoms with Gasteiger partial charge in [-0.3, -0.25) is 0 Å².